The van der Waals surface area contributed by atoms with Gasteiger partial charge in [0.2, 0.25) is 0 Å². The molecule has 0 spiro atoms. The molecule has 0 atom stereocenters. The van der Waals surface area contributed by atoms with Crippen LogP contribution in [0.5, 0.6) is 5.75 Å². The van der Waals surface area contributed by atoms with Crippen LogP contribution in [0.3, 0.4) is 0 Å². The predicted octanol–water partition coefficient (Wildman–Crippen LogP) is 2.71. The van der Waals surface area contributed by atoms with E-state index >= 15 is 0 Å². The van der Waals surface area contributed by atoms with Gasteiger partial charge in [-0.3, -0.25) is 10.1 Å². The summed E-state index contributed by atoms with van der Waals surface area (Å²) in [5, 5.41) is 20.7. The van der Waals surface area contributed by atoms with Gasteiger partial charge in [-0.05, 0) is 23.8 Å². The van der Waals surface area contributed by atoms with Crippen LogP contribution in [0.4, 0.5) is 5.69 Å². The summed E-state index contributed by atoms with van der Waals surface area (Å²) in [6.07, 6.45) is 4.67. The molecule has 21 heavy (non-hydrogen) atoms. The number of nitro benzene ring substituents is 1. The van der Waals surface area contributed by atoms with E-state index in [1.165, 1.54) is 31.5 Å². The van der Waals surface area contributed by atoms with Crippen molar-refractivity contribution in [3.8, 4) is 5.75 Å². The van der Waals surface area contributed by atoms with Crippen LogP contribution in [-0.4, -0.2) is 28.1 Å². The second-order valence-electron chi connectivity index (χ2n) is 3.89. The molecule has 8 heteroatoms. The zero-order valence-corrected chi connectivity index (χ0v) is 11.7. The SMILES string of the molecule is COC(=O)c1cnc(/C=C\c2ccc([N+](=O)[O-])c(O)c2)s1. The molecule has 0 amide bonds. The third-order valence-electron chi connectivity index (χ3n) is 2.52. The summed E-state index contributed by atoms with van der Waals surface area (Å²) < 4.78 is 4.57. The van der Waals surface area contributed by atoms with E-state index in [0.29, 0.717) is 15.4 Å². The molecule has 0 unspecified atom stereocenters. The van der Waals surface area contributed by atoms with E-state index in [-0.39, 0.29) is 5.69 Å². The number of rotatable bonds is 4. The van der Waals surface area contributed by atoms with Crippen molar-refractivity contribution in [1.29, 1.82) is 0 Å². The molecule has 2 aromatic rings. The van der Waals surface area contributed by atoms with Crippen LogP contribution in [-0.2, 0) is 4.74 Å². The largest absolute Gasteiger partial charge is 0.502 e. The number of methoxy groups -OCH3 is 1. The number of hydrogen-bond donors (Lipinski definition) is 1. The van der Waals surface area contributed by atoms with Gasteiger partial charge in [-0.15, -0.1) is 11.3 Å². The first-order valence-electron chi connectivity index (χ1n) is 5.71. The van der Waals surface area contributed by atoms with Gasteiger partial charge in [0.15, 0.2) is 5.75 Å². The third-order valence-corrected chi connectivity index (χ3v) is 3.47. The van der Waals surface area contributed by atoms with Gasteiger partial charge in [0.05, 0.1) is 18.2 Å². The maximum atomic E-state index is 11.3. The highest BCUT2D eigenvalue weighted by Gasteiger charge is 2.12. The van der Waals surface area contributed by atoms with Gasteiger partial charge in [-0.1, -0.05) is 6.08 Å². The molecule has 0 aliphatic carbocycles. The topological polar surface area (TPSA) is 103 Å². The van der Waals surface area contributed by atoms with E-state index in [1.807, 2.05) is 0 Å². The minimum absolute atomic E-state index is 0.352. The van der Waals surface area contributed by atoms with Gasteiger partial charge < -0.3 is 9.84 Å². The Morgan fingerprint density at radius 2 is 2.24 bits per heavy atom. The Morgan fingerprint density at radius 1 is 1.48 bits per heavy atom. The lowest BCUT2D eigenvalue weighted by atomic mass is 10.2. The lowest BCUT2D eigenvalue weighted by Gasteiger charge is -1.97. The summed E-state index contributed by atoms with van der Waals surface area (Å²) >= 11 is 1.15. The van der Waals surface area contributed by atoms with Crippen molar-refractivity contribution < 1.29 is 19.6 Å². The fourth-order valence-corrected chi connectivity index (χ4v) is 2.26. The zero-order chi connectivity index (χ0) is 15.4. The van der Waals surface area contributed by atoms with Crippen LogP contribution in [0.2, 0.25) is 0 Å². The van der Waals surface area contributed by atoms with Crippen LogP contribution in [0.1, 0.15) is 20.2 Å². The predicted molar refractivity (Wildman–Crippen MR) is 77.1 cm³/mol. The van der Waals surface area contributed by atoms with Gasteiger partial charge in [0.1, 0.15) is 9.88 Å². The molecule has 1 aromatic carbocycles. The van der Waals surface area contributed by atoms with E-state index in [1.54, 1.807) is 12.2 Å². The molecule has 0 radical (unpaired) electrons. The number of esters is 1. The number of benzene rings is 1. The van der Waals surface area contributed by atoms with Crippen molar-refractivity contribution in [2.45, 2.75) is 0 Å². The van der Waals surface area contributed by atoms with Crippen molar-refractivity contribution in [3.63, 3.8) is 0 Å². The van der Waals surface area contributed by atoms with Gasteiger partial charge in [-0.2, -0.15) is 0 Å². The van der Waals surface area contributed by atoms with Crippen molar-refractivity contribution in [1.82, 2.24) is 4.98 Å². The summed E-state index contributed by atoms with van der Waals surface area (Å²) in [5.41, 5.74) is 0.224. The Labute approximate surface area is 123 Å². The summed E-state index contributed by atoms with van der Waals surface area (Å²) in [4.78, 5) is 25.6. The van der Waals surface area contributed by atoms with E-state index < -0.39 is 16.6 Å². The summed E-state index contributed by atoms with van der Waals surface area (Å²) in [6, 6.07) is 4.00. The Bertz CT molecular complexity index is 723. The Kier molecular flexibility index (Phi) is 4.29. The number of ether oxygens (including phenoxy) is 1. The second kappa shape index (κ2) is 6.14. The van der Waals surface area contributed by atoms with Crippen LogP contribution in [0.25, 0.3) is 12.2 Å². The average molecular weight is 306 g/mol. The van der Waals surface area contributed by atoms with Gasteiger partial charge in [-0.25, -0.2) is 9.78 Å². The zero-order valence-electron chi connectivity index (χ0n) is 10.8. The molecular formula is C13H10N2O5S. The smallest absolute Gasteiger partial charge is 0.349 e. The summed E-state index contributed by atoms with van der Waals surface area (Å²) in [5.74, 6) is -0.864. The number of hydrogen-bond acceptors (Lipinski definition) is 7. The second-order valence-corrected chi connectivity index (χ2v) is 4.96. The number of carbonyl (C=O) groups is 1. The molecular weight excluding hydrogens is 296 g/mol. The Morgan fingerprint density at radius 3 is 2.86 bits per heavy atom. The van der Waals surface area contributed by atoms with Gasteiger partial charge in [0, 0.05) is 6.07 Å². The number of nitro groups is 1. The minimum atomic E-state index is -0.660. The highest BCUT2D eigenvalue weighted by Crippen LogP contribution is 2.27. The monoisotopic (exact) mass is 306 g/mol. The molecule has 0 saturated carbocycles. The van der Waals surface area contributed by atoms with Crippen molar-refractivity contribution >= 4 is 35.1 Å². The maximum Gasteiger partial charge on any atom is 0.349 e. The fraction of sp³-hybridized carbons (Fsp3) is 0.0769. The Balaban J connectivity index is 2.18. The Hall–Kier alpha value is -2.74. The van der Waals surface area contributed by atoms with Crippen molar-refractivity contribution in [2.24, 2.45) is 0 Å². The molecule has 0 fully saturated rings. The van der Waals surface area contributed by atoms with Crippen molar-refractivity contribution in [2.75, 3.05) is 7.11 Å². The molecule has 0 aliphatic rings. The van der Waals surface area contributed by atoms with Crippen LogP contribution in [0.15, 0.2) is 24.4 Å². The normalized spacial score (nSPS) is 10.7. The number of carbonyl (C=O) groups excluding carboxylic acids is 1. The van der Waals surface area contributed by atoms with E-state index in [0.717, 1.165) is 11.3 Å². The highest BCUT2D eigenvalue weighted by atomic mass is 32.1. The van der Waals surface area contributed by atoms with Gasteiger partial charge in [0.25, 0.3) is 0 Å². The number of aromatic nitrogens is 1. The number of nitrogens with zero attached hydrogens (tertiary/aromatic N) is 2. The molecule has 7 nitrogen and oxygen atoms in total. The fourth-order valence-electron chi connectivity index (χ4n) is 1.53. The minimum Gasteiger partial charge on any atom is -0.502 e. The molecule has 0 bridgehead atoms. The quantitative estimate of drug-likeness (QED) is 0.529. The first-order chi connectivity index (χ1) is 10.0. The third kappa shape index (κ3) is 3.42. The van der Waals surface area contributed by atoms with Crippen LogP contribution >= 0.6 is 11.3 Å². The highest BCUT2D eigenvalue weighted by molar-refractivity contribution is 7.14. The van der Waals surface area contributed by atoms with E-state index in [2.05, 4.69) is 9.72 Å². The molecule has 108 valence electrons. The standard InChI is InChI=1S/C13H10N2O5S/c1-20-13(17)11-7-14-12(21-11)5-3-8-2-4-9(15(18)19)10(16)6-8/h2-7,16H,1H3/b5-3-. The molecule has 1 N–H and O–H groups in total. The summed E-state index contributed by atoms with van der Waals surface area (Å²) in [6.45, 7) is 0. The number of phenolic OH excluding ortho intramolecular Hbond substituents is 1. The number of phenols is 1. The molecule has 0 aliphatic heterocycles. The average Bonchev–Trinajstić information content (AvgIpc) is 2.92. The molecule has 0 saturated heterocycles. The van der Waals surface area contributed by atoms with E-state index in [4.69, 9.17) is 0 Å². The lowest BCUT2D eigenvalue weighted by molar-refractivity contribution is -0.385. The van der Waals surface area contributed by atoms with E-state index in [9.17, 15) is 20.0 Å². The molecule has 1 aromatic heterocycles. The maximum absolute atomic E-state index is 11.3. The van der Waals surface area contributed by atoms with Crippen molar-refractivity contribution in [3.05, 3.63) is 50.0 Å². The number of thiazole rings is 1. The van der Waals surface area contributed by atoms with Crippen LogP contribution < -0.4 is 0 Å². The first-order valence-corrected chi connectivity index (χ1v) is 6.52. The molecule has 1 heterocycles. The first kappa shape index (κ1) is 14.7. The molecule has 2 rings (SSSR count). The lowest BCUT2D eigenvalue weighted by Crippen LogP contribution is -1.96. The van der Waals surface area contributed by atoms with Gasteiger partial charge >= 0.3 is 11.7 Å². The summed E-state index contributed by atoms with van der Waals surface area (Å²) in [7, 11) is 1.29. The van der Waals surface area contributed by atoms with Crippen LogP contribution in [0, 0.1) is 10.1 Å². The number of aromatic hydroxyl groups is 1.